The summed E-state index contributed by atoms with van der Waals surface area (Å²) < 4.78 is 16.8. The van der Waals surface area contributed by atoms with E-state index < -0.39 is 6.10 Å². The van der Waals surface area contributed by atoms with Crippen molar-refractivity contribution >= 4 is 17.9 Å². The molecule has 0 saturated carbocycles. The molecule has 0 radical (unpaired) electrons. The predicted octanol–water partition coefficient (Wildman–Crippen LogP) is 16.5. The molecule has 0 fully saturated rings. The first-order valence-electron chi connectivity index (χ1n) is 25.8. The fourth-order valence-corrected chi connectivity index (χ4v) is 7.78. The van der Waals surface area contributed by atoms with Crippen molar-refractivity contribution in [3.05, 3.63) is 0 Å². The minimum Gasteiger partial charge on any atom is -0.462 e. The van der Waals surface area contributed by atoms with Gasteiger partial charge < -0.3 is 14.2 Å². The number of rotatable bonds is 46. The van der Waals surface area contributed by atoms with Crippen LogP contribution in [0.15, 0.2) is 0 Å². The molecule has 0 aliphatic rings. The van der Waals surface area contributed by atoms with Crippen LogP contribution in [0, 0.1) is 11.8 Å². The Labute approximate surface area is 361 Å². The number of carbonyl (C=O) groups excluding carboxylic acids is 3. The molecule has 0 aliphatic heterocycles. The summed E-state index contributed by atoms with van der Waals surface area (Å²) in [6.07, 6.45) is 45.1. The summed E-state index contributed by atoms with van der Waals surface area (Å²) in [5, 5.41) is 0. The predicted molar refractivity (Wildman–Crippen MR) is 247 cm³/mol. The van der Waals surface area contributed by atoms with Gasteiger partial charge >= 0.3 is 17.9 Å². The summed E-state index contributed by atoms with van der Waals surface area (Å²) in [7, 11) is 0. The summed E-state index contributed by atoms with van der Waals surface area (Å²) in [6, 6.07) is 0. The van der Waals surface area contributed by atoms with E-state index in [0.717, 1.165) is 69.6 Å². The third-order valence-electron chi connectivity index (χ3n) is 12.1. The van der Waals surface area contributed by atoms with E-state index in [1.165, 1.54) is 173 Å². The third-order valence-corrected chi connectivity index (χ3v) is 12.1. The molecule has 6 nitrogen and oxygen atoms in total. The van der Waals surface area contributed by atoms with Gasteiger partial charge in [0, 0.05) is 19.3 Å². The van der Waals surface area contributed by atoms with Crippen LogP contribution in [0.4, 0.5) is 0 Å². The van der Waals surface area contributed by atoms with Crippen LogP contribution < -0.4 is 0 Å². The van der Waals surface area contributed by atoms with E-state index in [9.17, 15) is 14.4 Å². The van der Waals surface area contributed by atoms with E-state index in [2.05, 4.69) is 34.6 Å². The highest BCUT2D eigenvalue weighted by Gasteiger charge is 2.19. The molecular formula is C52H100O6. The molecule has 0 aromatic rings. The molecule has 58 heavy (non-hydrogen) atoms. The van der Waals surface area contributed by atoms with Crippen molar-refractivity contribution in [2.24, 2.45) is 11.8 Å². The first kappa shape index (κ1) is 56.4. The highest BCUT2D eigenvalue weighted by atomic mass is 16.6. The third kappa shape index (κ3) is 44.0. The monoisotopic (exact) mass is 821 g/mol. The quantitative estimate of drug-likeness (QED) is 0.0346. The number of esters is 3. The van der Waals surface area contributed by atoms with Crippen LogP contribution >= 0.6 is 0 Å². The second kappa shape index (κ2) is 44.9. The Bertz CT molecular complexity index is 887. The molecule has 0 heterocycles. The van der Waals surface area contributed by atoms with Crippen LogP contribution in [0.1, 0.15) is 285 Å². The lowest BCUT2D eigenvalue weighted by Gasteiger charge is -2.18. The molecule has 0 aromatic heterocycles. The van der Waals surface area contributed by atoms with Gasteiger partial charge in [-0.15, -0.1) is 0 Å². The maximum absolute atomic E-state index is 12.8. The summed E-state index contributed by atoms with van der Waals surface area (Å²) >= 11 is 0. The average molecular weight is 821 g/mol. The number of hydrogen-bond acceptors (Lipinski definition) is 6. The van der Waals surface area contributed by atoms with Gasteiger partial charge in [0.15, 0.2) is 6.10 Å². The van der Waals surface area contributed by atoms with Gasteiger partial charge in [-0.2, -0.15) is 0 Å². The molecule has 0 aromatic carbocycles. The van der Waals surface area contributed by atoms with E-state index in [1.807, 2.05) is 0 Å². The lowest BCUT2D eigenvalue weighted by Crippen LogP contribution is -2.30. The number of hydrogen-bond donors (Lipinski definition) is 0. The van der Waals surface area contributed by atoms with Gasteiger partial charge in [0.1, 0.15) is 13.2 Å². The standard InChI is InChI=1S/C52H100O6/c1-6-8-9-10-11-12-13-14-15-16-22-27-32-37-42-50(53)56-45-49(46-57-51(54)43-38-33-28-24-19-20-25-30-35-40-47(3)4)58-52(55)44-39-34-29-23-18-17-21-26-31-36-41-48(5)7-2/h47-49H,6-46H2,1-5H3/t48?,49-/m1/s1. The first-order chi connectivity index (χ1) is 28.3. The second-order valence-electron chi connectivity index (χ2n) is 18.5. The van der Waals surface area contributed by atoms with Crippen LogP contribution in [0.5, 0.6) is 0 Å². The van der Waals surface area contributed by atoms with Crippen LogP contribution in [0.2, 0.25) is 0 Å². The summed E-state index contributed by atoms with van der Waals surface area (Å²) in [4.78, 5) is 37.9. The molecule has 1 unspecified atom stereocenters. The fourth-order valence-electron chi connectivity index (χ4n) is 7.78. The van der Waals surface area contributed by atoms with E-state index in [-0.39, 0.29) is 31.1 Å². The maximum atomic E-state index is 12.8. The Hall–Kier alpha value is -1.59. The van der Waals surface area contributed by atoms with Crippen molar-refractivity contribution < 1.29 is 28.6 Å². The van der Waals surface area contributed by atoms with E-state index in [1.54, 1.807) is 0 Å². The SMILES string of the molecule is CCCCCCCCCCCCCCCCC(=O)OC[C@H](COC(=O)CCCCCCCCCCCC(C)C)OC(=O)CCCCCCCCCCCCC(C)CC. The summed E-state index contributed by atoms with van der Waals surface area (Å²) in [5.41, 5.74) is 0. The van der Waals surface area contributed by atoms with Gasteiger partial charge in [0.25, 0.3) is 0 Å². The average Bonchev–Trinajstić information content (AvgIpc) is 3.21. The first-order valence-corrected chi connectivity index (χ1v) is 25.8. The Morgan fingerprint density at radius 2 is 0.655 bits per heavy atom. The molecule has 0 amide bonds. The molecule has 0 aliphatic carbocycles. The van der Waals surface area contributed by atoms with Gasteiger partial charge in [-0.3, -0.25) is 14.4 Å². The molecule has 344 valence electrons. The van der Waals surface area contributed by atoms with Gasteiger partial charge in [-0.1, -0.05) is 247 Å². The highest BCUT2D eigenvalue weighted by Crippen LogP contribution is 2.18. The summed E-state index contributed by atoms with van der Waals surface area (Å²) in [6.45, 7) is 11.4. The number of unbranched alkanes of at least 4 members (excludes halogenated alkanes) is 30. The Kier molecular flexibility index (Phi) is 43.7. The molecule has 6 heteroatoms. The maximum Gasteiger partial charge on any atom is 0.306 e. The van der Waals surface area contributed by atoms with Crippen molar-refractivity contribution in [3.63, 3.8) is 0 Å². The molecule has 0 bridgehead atoms. The minimum atomic E-state index is -0.762. The van der Waals surface area contributed by atoms with E-state index in [0.29, 0.717) is 19.3 Å². The van der Waals surface area contributed by atoms with Crippen LogP contribution in [0.25, 0.3) is 0 Å². The summed E-state index contributed by atoms with van der Waals surface area (Å²) in [5.74, 6) is 0.826. The lowest BCUT2D eigenvalue weighted by atomic mass is 9.99. The highest BCUT2D eigenvalue weighted by molar-refractivity contribution is 5.71. The Morgan fingerprint density at radius 1 is 0.362 bits per heavy atom. The van der Waals surface area contributed by atoms with E-state index in [4.69, 9.17) is 14.2 Å². The topological polar surface area (TPSA) is 78.9 Å². The molecule has 0 rings (SSSR count). The Morgan fingerprint density at radius 3 is 0.983 bits per heavy atom. The zero-order valence-electron chi connectivity index (χ0n) is 39.7. The van der Waals surface area contributed by atoms with Crippen molar-refractivity contribution in [1.82, 2.24) is 0 Å². The van der Waals surface area contributed by atoms with Gasteiger partial charge in [-0.05, 0) is 31.1 Å². The van der Waals surface area contributed by atoms with Gasteiger partial charge in [-0.25, -0.2) is 0 Å². The van der Waals surface area contributed by atoms with Crippen molar-refractivity contribution in [2.75, 3.05) is 13.2 Å². The zero-order valence-corrected chi connectivity index (χ0v) is 39.7. The zero-order chi connectivity index (χ0) is 42.6. The fraction of sp³-hybridized carbons (Fsp3) is 0.942. The van der Waals surface area contributed by atoms with Crippen LogP contribution in [-0.4, -0.2) is 37.2 Å². The van der Waals surface area contributed by atoms with Crippen molar-refractivity contribution in [3.8, 4) is 0 Å². The smallest absolute Gasteiger partial charge is 0.306 e. The molecule has 0 spiro atoms. The van der Waals surface area contributed by atoms with Crippen molar-refractivity contribution in [1.29, 1.82) is 0 Å². The van der Waals surface area contributed by atoms with Gasteiger partial charge in [0.2, 0.25) is 0 Å². The normalized spacial score (nSPS) is 12.5. The van der Waals surface area contributed by atoms with Gasteiger partial charge in [0.05, 0.1) is 0 Å². The minimum absolute atomic E-state index is 0.0639. The molecule has 0 saturated heterocycles. The largest absolute Gasteiger partial charge is 0.462 e. The second-order valence-corrected chi connectivity index (χ2v) is 18.5. The number of carbonyl (C=O) groups is 3. The number of ether oxygens (including phenoxy) is 3. The van der Waals surface area contributed by atoms with E-state index >= 15 is 0 Å². The lowest BCUT2D eigenvalue weighted by molar-refractivity contribution is -0.167. The van der Waals surface area contributed by atoms with Crippen LogP contribution in [0.3, 0.4) is 0 Å². The molecular weight excluding hydrogens is 721 g/mol. The molecule has 0 N–H and O–H groups in total. The van der Waals surface area contributed by atoms with Crippen molar-refractivity contribution in [2.45, 2.75) is 291 Å². The van der Waals surface area contributed by atoms with Crippen LogP contribution in [-0.2, 0) is 28.6 Å². The Balaban J connectivity index is 4.33. The molecule has 2 atom stereocenters.